The van der Waals surface area contributed by atoms with E-state index < -0.39 is 10.2 Å². The molecule has 0 aliphatic heterocycles. The largest absolute Gasteiger partial charge is 1.00 e. The van der Waals surface area contributed by atoms with Crippen molar-refractivity contribution in [2.75, 3.05) is 5.75 Å². The lowest BCUT2D eigenvalue weighted by atomic mass is 10.5. The Labute approximate surface area is 146 Å². The van der Waals surface area contributed by atoms with Crippen molar-refractivity contribution in [1.82, 2.24) is 0 Å². The fourth-order valence-corrected chi connectivity index (χ4v) is 3.54. The standard InChI is InChI=1S/C8H14N8O3S3.ClH/c9-6(14-22(12,18)19)1-2-20-3-5-4-21-8(13-7(10)11)16(5)15-17;/h4H,1-3H2,(H7,9,10,11,12,14,18,19);1H. The van der Waals surface area contributed by atoms with Gasteiger partial charge >= 0.3 is 21.3 Å². The number of hydrogen-bond acceptors (Lipinski definition) is 7. The average Bonchev–Trinajstić information content (AvgIpc) is 2.73. The van der Waals surface area contributed by atoms with Gasteiger partial charge < -0.3 is 29.6 Å². The Hall–Kier alpha value is -1.48. The van der Waals surface area contributed by atoms with E-state index >= 15 is 0 Å². The summed E-state index contributed by atoms with van der Waals surface area (Å²) in [7, 11) is -3.98. The molecule has 8 N–H and O–H groups in total. The minimum atomic E-state index is -3.98. The highest BCUT2D eigenvalue weighted by atomic mass is 35.5. The van der Waals surface area contributed by atoms with Crippen molar-refractivity contribution in [3.8, 4) is 0 Å². The predicted octanol–water partition coefficient (Wildman–Crippen LogP) is -4.34. The number of thioether (sulfide) groups is 1. The van der Waals surface area contributed by atoms with Crippen molar-refractivity contribution >= 4 is 50.2 Å². The van der Waals surface area contributed by atoms with E-state index in [9.17, 15) is 13.3 Å². The lowest BCUT2D eigenvalue weighted by molar-refractivity contribution is -0.670. The molecule has 0 amide bonds. The number of thiazole rings is 1. The first-order valence-corrected chi connectivity index (χ1v) is 9.17. The van der Waals surface area contributed by atoms with Gasteiger partial charge in [-0.3, -0.25) is 0 Å². The minimum absolute atomic E-state index is 0. The quantitative estimate of drug-likeness (QED) is 0.111. The molecular weight excluding hydrogens is 388 g/mol. The van der Waals surface area contributed by atoms with E-state index in [0.717, 1.165) is 4.68 Å². The minimum Gasteiger partial charge on any atom is -1.00 e. The van der Waals surface area contributed by atoms with Crippen LogP contribution >= 0.6 is 23.1 Å². The van der Waals surface area contributed by atoms with Gasteiger partial charge in [0.25, 0.3) is 0 Å². The van der Waals surface area contributed by atoms with Crippen LogP contribution in [0.1, 0.15) is 12.1 Å². The maximum atomic E-state index is 10.8. The molecule has 130 valence electrons. The molecule has 1 rings (SSSR count). The Bertz CT molecular complexity index is 697. The van der Waals surface area contributed by atoms with E-state index in [1.165, 1.54) is 23.1 Å². The Morgan fingerprint density at radius 2 is 2.00 bits per heavy atom. The Morgan fingerprint density at radius 3 is 2.52 bits per heavy atom. The molecule has 0 fully saturated rings. The van der Waals surface area contributed by atoms with Crippen LogP contribution in [0.25, 0.3) is 0 Å². The summed E-state index contributed by atoms with van der Waals surface area (Å²) in [6.07, 6.45) is 0.237. The maximum Gasteiger partial charge on any atom is 0.414 e. The van der Waals surface area contributed by atoms with Gasteiger partial charge in [-0.1, -0.05) is 0 Å². The summed E-state index contributed by atoms with van der Waals surface area (Å²) in [5.74, 6) is 0.663. The number of hydrogen-bond donors (Lipinski definition) is 4. The fourth-order valence-electron chi connectivity index (χ4n) is 1.27. The predicted molar refractivity (Wildman–Crippen MR) is 86.7 cm³/mol. The van der Waals surface area contributed by atoms with Gasteiger partial charge in [0.1, 0.15) is 5.84 Å². The van der Waals surface area contributed by atoms with Gasteiger partial charge in [0.05, 0.1) is 5.75 Å². The lowest BCUT2D eigenvalue weighted by Crippen LogP contribution is -3.00. The summed E-state index contributed by atoms with van der Waals surface area (Å²) in [5, 5.41) is 9.53. The third-order valence-corrected chi connectivity index (χ3v) is 4.40. The van der Waals surface area contributed by atoms with E-state index in [2.05, 4.69) is 14.7 Å². The highest BCUT2D eigenvalue weighted by Gasteiger charge is 2.20. The number of nitrogens with zero attached hydrogens (tertiary/aromatic N) is 4. The van der Waals surface area contributed by atoms with Crippen molar-refractivity contribution in [1.29, 1.82) is 0 Å². The summed E-state index contributed by atoms with van der Waals surface area (Å²) in [4.78, 5) is 14.6. The SMILES string of the molecule is NC(N)=Nc1scc(CSCCC(N)=NS(N)(=O)=O)[n+]1N=O.[Cl-]. The second kappa shape index (κ2) is 9.61. The van der Waals surface area contributed by atoms with E-state index in [-0.39, 0.29) is 35.8 Å². The zero-order valence-corrected chi connectivity index (χ0v) is 14.8. The molecule has 0 radical (unpaired) electrons. The van der Waals surface area contributed by atoms with Crippen LogP contribution in [0.2, 0.25) is 0 Å². The van der Waals surface area contributed by atoms with Crippen molar-refractivity contribution in [3.63, 3.8) is 0 Å². The van der Waals surface area contributed by atoms with Crippen molar-refractivity contribution in [2.45, 2.75) is 12.2 Å². The van der Waals surface area contributed by atoms with Gasteiger partial charge in [-0.05, 0) is 16.0 Å². The molecule has 0 saturated heterocycles. The van der Waals surface area contributed by atoms with Crippen LogP contribution in [0.5, 0.6) is 0 Å². The number of nitroso groups, excluding NO2 is 1. The zero-order chi connectivity index (χ0) is 16.8. The normalized spacial score (nSPS) is 11.6. The fraction of sp³-hybridized carbons (Fsp3) is 0.375. The molecule has 11 nitrogen and oxygen atoms in total. The van der Waals surface area contributed by atoms with Crippen LogP contribution in [-0.4, -0.2) is 26.0 Å². The summed E-state index contributed by atoms with van der Waals surface area (Å²) in [6, 6.07) is 0. The Kier molecular flexibility index (Phi) is 8.99. The van der Waals surface area contributed by atoms with E-state index in [4.69, 9.17) is 22.3 Å². The third-order valence-electron chi connectivity index (χ3n) is 2.06. The molecule has 0 aliphatic rings. The molecule has 1 aromatic heterocycles. The molecule has 0 aromatic carbocycles. The molecular formula is C8H15ClN8O3S3. The Balaban J connectivity index is 0.00000484. The summed E-state index contributed by atoms with van der Waals surface area (Å²) in [5.41, 5.74) is 16.5. The molecule has 0 bridgehead atoms. The molecule has 0 atom stereocenters. The molecule has 0 saturated carbocycles. The van der Waals surface area contributed by atoms with Gasteiger partial charge in [0, 0.05) is 22.5 Å². The van der Waals surface area contributed by atoms with E-state index in [1.54, 1.807) is 5.38 Å². The van der Waals surface area contributed by atoms with Crippen LogP contribution in [0.15, 0.2) is 20.1 Å². The molecule has 0 unspecified atom stereocenters. The van der Waals surface area contributed by atoms with Crippen LogP contribution in [-0.2, 0) is 16.0 Å². The Morgan fingerprint density at radius 1 is 1.35 bits per heavy atom. The van der Waals surface area contributed by atoms with Gasteiger partial charge in [0.2, 0.25) is 0 Å². The number of guanidine groups is 1. The van der Waals surface area contributed by atoms with Crippen molar-refractivity contribution in [3.05, 3.63) is 16.0 Å². The number of rotatable bonds is 8. The van der Waals surface area contributed by atoms with Gasteiger partial charge in [0.15, 0.2) is 11.0 Å². The first-order valence-electron chi connectivity index (χ1n) is 5.63. The topological polar surface area (TPSA) is 196 Å². The highest BCUT2D eigenvalue weighted by molar-refractivity contribution is 7.98. The number of aromatic nitrogens is 1. The van der Waals surface area contributed by atoms with Crippen LogP contribution in [0.3, 0.4) is 0 Å². The number of halogens is 1. The molecule has 0 spiro atoms. The van der Waals surface area contributed by atoms with Crippen LogP contribution < -0.4 is 39.4 Å². The summed E-state index contributed by atoms with van der Waals surface area (Å²) in [6.45, 7) is 0. The third kappa shape index (κ3) is 8.08. The molecule has 1 aromatic rings. The second-order valence-electron chi connectivity index (χ2n) is 3.84. The van der Waals surface area contributed by atoms with E-state index in [1.807, 2.05) is 0 Å². The van der Waals surface area contributed by atoms with Crippen LogP contribution in [0, 0.1) is 4.91 Å². The number of aliphatic imine (C=N–C) groups is 1. The molecule has 1 heterocycles. The van der Waals surface area contributed by atoms with Gasteiger partial charge in [-0.15, -0.1) is 9.30 Å². The zero-order valence-electron chi connectivity index (χ0n) is 11.6. The summed E-state index contributed by atoms with van der Waals surface area (Å²) < 4.78 is 25.6. The monoisotopic (exact) mass is 402 g/mol. The first kappa shape index (κ1) is 21.5. The molecule has 15 heteroatoms. The first-order chi connectivity index (χ1) is 10.2. The maximum absolute atomic E-state index is 10.8. The van der Waals surface area contributed by atoms with Crippen molar-refractivity contribution in [2.24, 2.45) is 37.0 Å². The van der Waals surface area contributed by atoms with Crippen molar-refractivity contribution < 1.29 is 25.5 Å². The second-order valence-corrected chi connectivity index (χ2v) is 6.99. The van der Waals surface area contributed by atoms with Gasteiger partial charge in [-0.2, -0.15) is 20.2 Å². The van der Waals surface area contributed by atoms with E-state index in [0.29, 0.717) is 17.2 Å². The summed E-state index contributed by atoms with van der Waals surface area (Å²) >= 11 is 2.57. The van der Waals surface area contributed by atoms with Gasteiger partial charge in [-0.25, -0.2) is 5.14 Å². The molecule has 23 heavy (non-hydrogen) atoms. The lowest BCUT2D eigenvalue weighted by Gasteiger charge is -1.99. The number of amidine groups is 1. The highest BCUT2D eigenvalue weighted by Crippen LogP contribution is 2.20. The van der Waals surface area contributed by atoms with Crippen LogP contribution in [0.4, 0.5) is 5.13 Å². The smallest absolute Gasteiger partial charge is 0.414 e. The number of nitrogens with two attached hydrogens (primary N) is 4. The average molecular weight is 403 g/mol. The molecule has 0 aliphatic carbocycles.